The molecule has 1 aromatic carbocycles. The summed E-state index contributed by atoms with van der Waals surface area (Å²) < 4.78 is 0. The SMILES string of the molecule is CC1Cc2ccccc2C(C)N1. The Morgan fingerprint density at radius 1 is 1.25 bits per heavy atom. The van der Waals surface area contributed by atoms with Gasteiger partial charge in [-0.2, -0.15) is 0 Å². The average Bonchev–Trinajstić information content (AvgIpc) is 2.04. The fourth-order valence-corrected chi connectivity index (χ4v) is 2.05. The lowest BCUT2D eigenvalue weighted by atomic mass is 9.92. The highest BCUT2D eigenvalue weighted by Crippen LogP contribution is 2.23. The van der Waals surface area contributed by atoms with Gasteiger partial charge < -0.3 is 5.32 Å². The Balaban J connectivity index is 2.40. The molecule has 0 spiro atoms. The Morgan fingerprint density at radius 3 is 2.83 bits per heavy atom. The number of nitrogens with one attached hydrogen (secondary N) is 1. The van der Waals surface area contributed by atoms with Crippen LogP contribution in [-0.4, -0.2) is 6.04 Å². The van der Waals surface area contributed by atoms with Gasteiger partial charge in [0.15, 0.2) is 0 Å². The molecule has 12 heavy (non-hydrogen) atoms. The highest BCUT2D eigenvalue weighted by atomic mass is 14.9. The van der Waals surface area contributed by atoms with E-state index >= 15 is 0 Å². The van der Waals surface area contributed by atoms with Gasteiger partial charge in [0.05, 0.1) is 0 Å². The Labute approximate surface area is 73.8 Å². The monoisotopic (exact) mass is 161 g/mol. The summed E-state index contributed by atoms with van der Waals surface area (Å²) in [6.45, 7) is 4.47. The summed E-state index contributed by atoms with van der Waals surface area (Å²) in [4.78, 5) is 0. The van der Waals surface area contributed by atoms with Crippen LogP contribution in [0.3, 0.4) is 0 Å². The normalized spacial score (nSPS) is 28.2. The maximum absolute atomic E-state index is 3.54. The third-order valence-corrected chi connectivity index (χ3v) is 2.58. The van der Waals surface area contributed by atoms with Crippen molar-refractivity contribution in [2.45, 2.75) is 32.4 Å². The van der Waals surface area contributed by atoms with Crippen LogP contribution < -0.4 is 5.32 Å². The molecule has 1 N–H and O–H groups in total. The van der Waals surface area contributed by atoms with E-state index in [2.05, 4.69) is 43.4 Å². The van der Waals surface area contributed by atoms with E-state index in [1.165, 1.54) is 17.5 Å². The minimum absolute atomic E-state index is 0.518. The summed E-state index contributed by atoms with van der Waals surface area (Å²) in [7, 11) is 0. The van der Waals surface area contributed by atoms with Gasteiger partial charge in [0, 0.05) is 12.1 Å². The zero-order valence-corrected chi connectivity index (χ0v) is 7.67. The van der Waals surface area contributed by atoms with Crippen molar-refractivity contribution in [2.75, 3.05) is 0 Å². The molecular weight excluding hydrogens is 146 g/mol. The molecule has 0 amide bonds. The third kappa shape index (κ3) is 1.25. The second-order valence-electron chi connectivity index (χ2n) is 3.69. The summed E-state index contributed by atoms with van der Waals surface area (Å²) in [5.74, 6) is 0. The maximum Gasteiger partial charge on any atom is 0.0297 e. The van der Waals surface area contributed by atoms with Crippen molar-refractivity contribution >= 4 is 0 Å². The van der Waals surface area contributed by atoms with Crippen LogP contribution in [0.1, 0.15) is 31.0 Å². The van der Waals surface area contributed by atoms with Crippen LogP contribution in [0.4, 0.5) is 0 Å². The van der Waals surface area contributed by atoms with Crippen molar-refractivity contribution in [3.05, 3.63) is 35.4 Å². The lowest BCUT2D eigenvalue weighted by molar-refractivity contribution is 0.446. The van der Waals surface area contributed by atoms with Crippen LogP contribution in [0.15, 0.2) is 24.3 Å². The zero-order valence-electron chi connectivity index (χ0n) is 7.67. The fraction of sp³-hybridized carbons (Fsp3) is 0.455. The van der Waals surface area contributed by atoms with Gasteiger partial charge in [-0.1, -0.05) is 24.3 Å². The molecular formula is C11H15N. The second kappa shape index (κ2) is 2.91. The summed E-state index contributed by atoms with van der Waals surface area (Å²) >= 11 is 0. The van der Waals surface area contributed by atoms with Crippen molar-refractivity contribution in [2.24, 2.45) is 0 Å². The molecule has 1 nitrogen and oxygen atoms in total. The summed E-state index contributed by atoms with van der Waals surface area (Å²) in [6, 6.07) is 9.85. The topological polar surface area (TPSA) is 12.0 Å². The van der Waals surface area contributed by atoms with Gasteiger partial charge in [-0.25, -0.2) is 0 Å². The summed E-state index contributed by atoms with van der Waals surface area (Å²) in [5.41, 5.74) is 2.98. The number of hydrogen-bond donors (Lipinski definition) is 1. The third-order valence-electron chi connectivity index (χ3n) is 2.58. The molecule has 2 rings (SSSR count). The Kier molecular flexibility index (Phi) is 1.89. The molecule has 0 saturated carbocycles. The number of rotatable bonds is 0. The van der Waals surface area contributed by atoms with Gasteiger partial charge in [-0.15, -0.1) is 0 Å². The largest absolute Gasteiger partial charge is 0.307 e. The predicted octanol–water partition coefficient (Wildman–Crippen LogP) is 2.28. The van der Waals surface area contributed by atoms with Crippen molar-refractivity contribution in [1.29, 1.82) is 0 Å². The molecule has 0 aromatic heterocycles. The van der Waals surface area contributed by atoms with Crippen LogP contribution in [-0.2, 0) is 6.42 Å². The Morgan fingerprint density at radius 2 is 2.00 bits per heavy atom. The van der Waals surface area contributed by atoms with E-state index in [9.17, 15) is 0 Å². The Hall–Kier alpha value is -0.820. The minimum Gasteiger partial charge on any atom is -0.307 e. The highest BCUT2D eigenvalue weighted by Gasteiger charge is 2.18. The van der Waals surface area contributed by atoms with Crippen molar-refractivity contribution in [1.82, 2.24) is 5.32 Å². The lowest BCUT2D eigenvalue weighted by Gasteiger charge is -2.28. The first kappa shape index (κ1) is 7.81. The van der Waals surface area contributed by atoms with E-state index in [0.717, 1.165) is 0 Å². The minimum atomic E-state index is 0.518. The molecule has 2 atom stereocenters. The molecule has 2 unspecified atom stereocenters. The molecule has 1 aliphatic rings. The van der Waals surface area contributed by atoms with Gasteiger partial charge in [0.25, 0.3) is 0 Å². The summed E-state index contributed by atoms with van der Waals surface area (Å²) in [5, 5.41) is 3.54. The number of fused-ring (bicyclic) bond motifs is 1. The van der Waals surface area contributed by atoms with Gasteiger partial charge in [-0.05, 0) is 31.4 Å². The molecule has 64 valence electrons. The van der Waals surface area contributed by atoms with Crippen molar-refractivity contribution in [3.8, 4) is 0 Å². The van der Waals surface area contributed by atoms with Crippen LogP contribution >= 0.6 is 0 Å². The fourth-order valence-electron chi connectivity index (χ4n) is 2.05. The summed E-state index contributed by atoms with van der Waals surface area (Å²) in [6.07, 6.45) is 1.17. The molecule has 1 aliphatic heterocycles. The van der Waals surface area contributed by atoms with E-state index in [4.69, 9.17) is 0 Å². The molecule has 1 heterocycles. The van der Waals surface area contributed by atoms with E-state index in [-0.39, 0.29) is 0 Å². The smallest absolute Gasteiger partial charge is 0.0297 e. The first-order valence-corrected chi connectivity index (χ1v) is 4.61. The highest BCUT2D eigenvalue weighted by molar-refractivity contribution is 5.32. The van der Waals surface area contributed by atoms with Gasteiger partial charge in [-0.3, -0.25) is 0 Å². The number of hydrogen-bond acceptors (Lipinski definition) is 1. The molecule has 1 aromatic rings. The first-order valence-electron chi connectivity index (χ1n) is 4.61. The van der Waals surface area contributed by atoms with Crippen LogP contribution in [0.2, 0.25) is 0 Å². The van der Waals surface area contributed by atoms with Gasteiger partial charge in [0.1, 0.15) is 0 Å². The van der Waals surface area contributed by atoms with Crippen molar-refractivity contribution in [3.63, 3.8) is 0 Å². The quantitative estimate of drug-likeness (QED) is 0.615. The molecule has 0 bridgehead atoms. The molecule has 0 saturated heterocycles. The number of benzene rings is 1. The maximum atomic E-state index is 3.54. The van der Waals surface area contributed by atoms with Gasteiger partial charge in [0.2, 0.25) is 0 Å². The van der Waals surface area contributed by atoms with E-state index in [1.54, 1.807) is 0 Å². The van der Waals surface area contributed by atoms with E-state index < -0.39 is 0 Å². The Bertz CT molecular complexity index is 280. The standard InChI is InChI=1S/C11H15N/c1-8-7-10-5-3-4-6-11(10)9(2)12-8/h3-6,8-9,12H,7H2,1-2H3. The molecule has 0 fully saturated rings. The molecule has 0 radical (unpaired) electrons. The first-order chi connectivity index (χ1) is 5.77. The average molecular weight is 161 g/mol. The van der Waals surface area contributed by atoms with Gasteiger partial charge >= 0.3 is 0 Å². The zero-order chi connectivity index (χ0) is 8.55. The van der Waals surface area contributed by atoms with Crippen LogP contribution in [0, 0.1) is 0 Å². The second-order valence-corrected chi connectivity index (χ2v) is 3.69. The van der Waals surface area contributed by atoms with Crippen molar-refractivity contribution < 1.29 is 0 Å². The molecule has 1 heteroatoms. The van der Waals surface area contributed by atoms with Crippen LogP contribution in [0.5, 0.6) is 0 Å². The molecule has 0 aliphatic carbocycles. The lowest BCUT2D eigenvalue weighted by Crippen LogP contribution is -2.35. The predicted molar refractivity (Wildman–Crippen MR) is 51.2 cm³/mol. The van der Waals surface area contributed by atoms with E-state index in [0.29, 0.717) is 12.1 Å². The van der Waals surface area contributed by atoms with E-state index in [1.807, 2.05) is 0 Å². The van der Waals surface area contributed by atoms with Crippen LogP contribution in [0.25, 0.3) is 0 Å².